The van der Waals surface area contributed by atoms with Crippen molar-refractivity contribution in [3.05, 3.63) is 0 Å². The summed E-state index contributed by atoms with van der Waals surface area (Å²) in [6, 6.07) is 0. The molecule has 0 aliphatic carbocycles. The van der Waals surface area contributed by atoms with Crippen molar-refractivity contribution in [1.29, 1.82) is 0 Å². The minimum absolute atomic E-state index is 1.14. The molecule has 0 heterocycles. The van der Waals surface area contributed by atoms with E-state index in [2.05, 4.69) is 17.7 Å². The van der Waals surface area contributed by atoms with Crippen LogP contribution >= 0.6 is 0 Å². The standard InChI is InChI=1S/C5H14N2/c1-6-4-3-5-7-2/h6-7H,3-5H2,1-2H3/p+1. The summed E-state index contributed by atoms with van der Waals surface area (Å²) in [6.45, 7) is 2.38. The number of rotatable bonds is 4. The van der Waals surface area contributed by atoms with Gasteiger partial charge in [0.25, 0.3) is 0 Å². The van der Waals surface area contributed by atoms with Crippen molar-refractivity contribution in [1.82, 2.24) is 5.32 Å². The maximum Gasteiger partial charge on any atom is 0.0765 e. The second-order valence-corrected chi connectivity index (χ2v) is 1.65. The van der Waals surface area contributed by atoms with E-state index in [4.69, 9.17) is 0 Å². The third-order valence-electron chi connectivity index (χ3n) is 0.920. The first-order valence-electron chi connectivity index (χ1n) is 2.84. The Kier molecular flexibility index (Phi) is 5.85. The molecule has 0 aromatic carbocycles. The molecule has 7 heavy (non-hydrogen) atoms. The first-order chi connectivity index (χ1) is 3.41. The smallest absolute Gasteiger partial charge is 0.0765 e. The molecule has 0 radical (unpaired) electrons. The Hall–Kier alpha value is -0.0800. The van der Waals surface area contributed by atoms with E-state index in [1.54, 1.807) is 0 Å². The van der Waals surface area contributed by atoms with E-state index >= 15 is 0 Å². The summed E-state index contributed by atoms with van der Waals surface area (Å²) in [5, 5.41) is 5.27. The quantitative estimate of drug-likeness (QED) is 0.429. The van der Waals surface area contributed by atoms with Gasteiger partial charge in [-0.05, 0) is 7.05 Å². The van der Waals surface area contributed by atoms with Crippen molar-refractivity contribution in [2.45, 2.75) is 6.42 Å². The Labute approximate surface area is 45.3 Å². The summed E-state index contributed by atoms with van der Waals surface area (Å²) in [5.41, 5.74) is 0. The highest BCUT2D eigenvalue weighted by Gasteiger charge is 1.80. The second-order valence-electron chi connectivity index (χ2n) is 1.65. The third-order valence-corrected chi connectivity index (χ3v) is 0.920. The van der Waals surface area contributed by atoms with E-state index < -0.39 is 0 Å². The Balaban J connectivity index is 2.45. The number of nitrogens with one attached hydrogen (secondary N) is 1. The van der Waals surface area contributed by atoms with Gasteiger partial charge < -0.3 is 10.6 Å². The molecule has 0 amide bonds. The molecule has 2 nitrogen and oxygen atoms in total. The lowest BCUT2D eigenvalue weighted by molar-refractivity contribution is -0.627. The summed E-state index contributed by atoms with van der Waals surface area (Å²) in [6.07, 6.45) is 1.27. The maximum atomic E-state index is 3.08. The van der Waals surface area contributed by atoms with Gasteiger partial charge in [0.15, 0.2) is 0 Å². The SMILES string of the molecule is CNCCC[NH2+]C. The highest BCUT2D eigenvalue weighted by Crippen LogP contribution is 1.62. The Morgan fingerprint density at radius 2 is 2.29 bits per heavy atom. The van der Waals surface area contributed by atoms with Crippen molar-refractivity contribution in [2.75, 3.05) is 27.2 Å². The normalized spacial score (nSPS) is 9.43. The maximum absolute atomic E-state index is 3.08. The molecule has 0 aromatic heterocycles. The fourth-order valence-corrected chi connectivity index (χ4v) is 0.483. The summed E-state index contributed by atoms with van der Waals surface area (Å²) in [5.74, 6) is 0. The van der Waals surface area contributed by atoms with Crippen LogP contribution in [0.1, 0.15) is 6.42 Å². The van der Waals surface area contributed by atoms with Gasteiger partial charge >= 0.3 is 0 Å². The summed E-state index contributed by atoms with van der Waals surface area (Å²) < 4.78 is 0. The van der Waals surface area contributed by atoms with Crippen LogP contribution in [0.15, 0.2) is 0 Å². The van der Waals surface area contributed by atoms with Gasteiger partial charge in [0.05, 0.1) is 13.6 Å². The van der Waals surface area contributed by atoms with Crippen molar-refractivity contribution >= 4 is 0 Å². The van der Waals surface area contributed by atoms with Crippen LogP contribution in [-0.2, 0) is 0 Å². The van der Waals surface area contributed by atoms with Crippen molar-refractivity contribution in [3.8, 4) is 0 Å². The van der Waals surface area contributed by atoms with E-state index in [0.717, 1.165) is 6.54 Å². The zero-order valence-electron chi connectivity index (χ0n) is 5.20. The van der Waals surface area contributed by atoms with E-state index in [9.17, 15) is 0 Å². The van der Waals surface area contributed by atoms with Gasteiger partial charge in [-0.25, -0.2) is 0 Å². The van der Waals surface area contributed by atoms with Gasteiger partial charge in [0.1, 0.15) is 0 Å². The van der Waals surface area contributed by atoms with Gasteiger partial charge in [0.2, 0.25) is 0 Å². The predicted octanol–water partition coefficient (Wildman–Crippen LogP) is -1.21. The molecule has 3 N–H and O–H groups in total. The van der Waals surface area contributed by atoms with Crippen LogP contribution in [-0.4, -0.2) is 27.2 Å². The predicted molar refractivity (Wildman–Crippen MR) is 31.3 cm³/mol. The van der Waals surface area contributed by atoms with Crippen molar-refractivity contribution in [3.63, 3.8) is 0 Å². The molecular formula is C5H15N2+. The Bertz CT molecular complexity index is 25.3. The van der Waals surface area contributed by atoms with Crippen LogP contribution in [0.3, 0.4) is 0 Å². The zero-order valence-corrected chi connectivity index (χ0v) is 5.20. The van der Waals surface area contributed by atoms with Gasteiger partial charge in [-0.2, -0.15) is 0 Å². The molecule has 2 heteroatoms. The average Bonchev–Trinajstić information content (AvgIpc) is 1.69. The molecule has 0 rings (SSSR count). The molecule has 0 saturated carbocycles. The number of hydrogen-bond acceptors (Lipinski definition) is 1. The Morgan fingerprint density at radius 3 is 2.71 bits per heavy atom. The lowest BCUT2D eigenvalue weighted by Gasteiger charge is -1.92. The lowest BCUT2D eigenvalue weighted by atomic mass is 10.4. The van der Waals surface area contributed by atoms with Crippen LogP contribution in [0.5, 0.6) is 0 Å². The average molecular weight is 103 g/mol. The van der Waals surface area contributed by atoms with E-state index in [1.165, 1.54) is 13.0 Å². The van der Waals surface area contributed by atoms with Crippen molar-refractivity contribution in [2.24, 2.45) is 0 Å². The monoisotopic (exact) mass is 103 g/mol. The molecule has 0 spiro atoms. The molecule has 0 aliphatic rings. The molecule has 44 valence electrons. The molecular weight excluding hydrogens is 88.1 g/mol. The molecule has 0 bridgehead atoms. The van der Waals surface area contributed by atoms with Crippen LogP contribution < -0.4 is 10.6 Å². The lowest BCUT2D eigenvalue weighted by Crippen LogP contribution is -2.79. The number of hydrogen-bond donors (Lipinski definition) is 2. The first-order valence-corrected chi connectivity index (χ1v) is 2.84. The van der Waals surface area contributed by atoms with E-state index in [1.807, 2.05) is 7.05 Å². The molecule has 0 saturated heterocycles. The fourth-order valence-electron chi connectivity index (χ4n) is 0.483. The highest BCUT2D eigenvalue weighted by atomic mass is 14.8. The number of nitrogens with two attached hydrogens (primary N) is 1. The third kappa shape index (κ3) is 5.92. The first kappa shape index (κ1) is 6.92. The topological polar surface area (TPSA) is 28.6 Å². The Morgan fingerprint density at radius 1 is 1.57 bits per heavy atom. The molecule has 0 aliphatic heterocycles. The van der Waals surface area contributed by atoms with Gasteiger partial charge in [-0.15, -0.1) is 0 Å². The van der Waals surface area contributed by atoms with Crippen LogP contribution in [0, 0.1) is 0 Å². The molecule has 0 aromatic rings. The minimum Gasteiger partial charge on any atom is -0.349 e. The summed E-state index contributed by atoms with van der Waals surface area (Å²) >= 11 is 0. The van der Waals surface area contributed by atoms with Gasteiger partial charge in [-0.1, -0.05) is 0 Å². The fraction of sp³-hybridized carbons (Fsp3) is 1.00. The molecule has 0 fully saturated rings. The van der Waals surface area contributed by atoms with Crippen LogP contribution in [0.4, 0.5) is 0 Å². The van der Waals surface area contributed by atoms with E-state index in [-0.39, 0.29) is 0 Å². The molecule has 0 atom stereocenters. The van der Waals surface area contributed by atoms with Gasteiger partial charge in [-0.3, -0.25) is 0 Å². The largest absolute Gasteiger partial charge is 0.349 e. The second kappa shape index (κ2) is 5.92. The zero-order chi connectivity index (χ0) is 5.54. The van der Waals surface area contributed by atoms with E-state index in [0.29, 0.717) is 0 Å². The highest BCUT2D eigenvalue weighted by molar-refractivity contribution is 4.34. The summed E-state index contributed by atoms with van der Waals surface area (Å²) in [4.78, 5) is 0. The van der Waals surface area contributed by atoms with Crippen molar-refractivity contribution < 1.29 is 5.32 Å². The summed E-state index contributed by atoms with van der Waals surface area (Å²) in [7, 11) is 4.07. The van der Waals surface area contributed by atoms with Crippen LogP contribution in [0.25, 0.3) is 0 Å². The van der Waals surface area contributed by atoms with Crippen LogP contribution in [0.2, 0.25) is 0 Å². The number of quaternary nitrogens is 1. The van der Waals surface area contributed by atoms with Gasteiger partial charge in [0, 0.05) is 13.0 Å². The minimum atomic E-state index is 1.14. The molecule has 0 unspecified atom stereocenters.